The molecule has 2 aromatic rings. The van der Waals surface area contributed by atoms with Crippen molar-refractivity contribution < 1.29 is 27.0 Å². The number of halogens is 1. The summed E-state index contributed by atoms with van der Waals surface area (Å²) in [6.45, 7) is 8.27. The number of fused-ring (bicyclic) bond motifs is 1. The molecular weight excluding hydrogens is 423 g/mol. The fourth-order valence-electron chi connectivity index (χ4n) is 3.26. The van der Waals surface area contributed by atoms with Crippen LogP contribution >= 0.6 is 0 Å². The maximum Gasteiger partial charge on any atom is 0.247 e. The van der Waals surface area contributed by atoms with Crippen molar-refractivity contribution in [3.8, 4) is 5.75 Å². The van der Waals surface area contributed by atoms with Crippen LogP contribution in [0.1, 0.15) is 39.0 Å². The molecule has 0 saturated carbocycles. The molecule has 0 spiro atoms. The highest BCUT2D eigenvalue weighted by Crippen LogP contribution is 2.31. The van der Waals surface area contributed by atoms with Crippen molar-refractivity contribution in [1.29, 1.82) is 0 Å². The van der Waals surface area contributed by atoms with Crippen molar-refractivity contribution >= 4 is 10.0 Å². The van der Waals surface area contributed by atoms with Gasteiger partial charge in [0.25, 0.3) is 0 Å². The van der Waals surface area contributed by atoms with Crippen LogP contribution in [0.25, 0.3) is 0 Å². The fraction of sp³-hybridized carbons (Fsp3) is 0.500. The van der Waals surface area contributed by atoms with Gasteiger partial charge in [-0.25, -0.2) is 12.8 Å². The van der Waals surface area contributed by atoms with Gasteiger partial charge in [-0.15, -0.1) is 0 Å². The Morgan fingerprint density at radius 2 is 2.06 bits per heavy atom. The van der Waals surface area contributed by atoms with Gasteiger partial charge in [0.15, 0.2) is 0 Å². The predicted molar refractivity (Wildman–Crippen MR) is 114 cm³/mol. The molecule has 0 bridgehead atoms. The number of pyridine rings is 1. The second kappa shape index (κ2) is 9.60. The zero-order valence-electron chi connectivity index (χ0n) is 18.3. The van der Waals surface area contributed by atoms with E-state index >= 15 is 0 Å². The molecule has 3 rings (SSSR count). The molecule has 0 N–H and O–H groups in total. The van der Waals surface area contributed by atoms with E-state index in [2.05, 4.69) is 4.98 Å². The van der Waals surface area contributed by atoms with Crippen LogP contribution in [0.2, 0.25) is 0 Å². The molecule has 1 aromatic carbocycles. The normalized spacial score (nSPS) is 18.2. The number of benzene rings is 1. The number of hydrogen-bond donors (Lipinski definition) is 0. The van der Waals surface area contributed by atoms with Gasteiger partial charge in [0.05, 0.1) is 43.8 Å². The minimum absolute atomic E-state index is 0.0646. The third-order valence-corrected chi connectivity index (χ3v) is 6.69. The number of hydrogen-bond acceptors (Lipinski definition) is 6. The van der Waals surface area contributed by atoms with Gasteiger partial charge >= 0.3 is 0 Å². The van der Waals surface area contributed by atoms with E-state index in [-0.39, 0.29) is 43.6 Å². The topological polar surface area (TPSA) is 78.0 Å². The molecule has 170 valence electrons. The van der Waals surface area contributed by atoms with Gasteiger partial charge in [0.2, 0.25) is 10.0 Å². The van der Waals surface area contributed by atoms with E-state index in [1.54, 1.807) is 19.2 Å². The maximum absolute atomic E-state index is 14.1. The van der Waals surface area contributed by atoms with E-state index in [1.807, 2.05) is 26.8 Å². The van der Waals surface area contributed by atoms with E-state index < -0.39 is 27.5 Å². The second-order valence-electron chi connectivity index (χ2n) is 8.28. The van der Waals surface area contributed by atoms with Gasteiger partial charge in [-0.1, -0.05) is 6.07 Å². The summed E-state index contributed by atoms with van der Waals surface area (Å²) in [5.41, 5.74) is 0.926. The third kappa shape index (κ3) is 5.79. The average molecular weight is 453 g/mol. The summed E-state index contributed by atoms with van der Waals surface area (Å²) < 4.78 is 60.2. The number of sulfonamides is 1. The second-order valence-corrected chi connectivity index (χ2v) is 10.1. The van der Waals surface area contributed by atoms with Crippen LogP contribution in [-0.4, -0.2) is 49.2 Å². The zero-order chi connectivity index (χ0) is 22.6. The summed E-state index contributed by atoms with van der Waals surface area (Å²) in [6, 6.07) is 6.46. The highest BCUT2D eigenvalue weighted by molar-refractivity contribution is 7.89. The zero-order valence-corrected chi connectivity index (χ0v) is 19.1. The number of nitrogens with zero attached hydrogens (tertiary/aromatic N) is 2. The van der Waals surface area contributed by atoms with E-state index in [0.717, 1.165) is 11.6 Å². The van der Waals surface area contributed by atoms with Crippen LogP contribution in [0, 0.1) is 5.82 Å². The Morgan fingerprint density at radius 3 is 2.77 bits per heavy atom. The van der Waals surface area contributed by atoms with Crippen LogP contribution in [0.3, 0.4) is 0 Å². The Labute approximate surface area is 183 Å². The molecule has 9 heteroatoms. The van der Waals surface area contributed by atoms with Crippen LogP contribution in [0.5, 0.6) is 5.75 Å². The smallest absolute Gasteiger partial charge is 0.247 e. The minimum Gasteiger partial charge on any atom is -0.492 e. The highest BCUT2D eigenvalue weighted by Gasteiger charge is 2.36. The van der Waals surface area contributed by atoms with Gasteiger partial charge in [0, 0.05) is 12.7 Å². The largest absolute Gasteiger partial charge is 0.492 e. The highest BCUT2D eigenvalue weighted by atomic mass is 32.2. The van der Waals surface area contributed by atoms with Crippen LogP contribution < -0.4 is 4.74 Å². The van der Waals surface area contributed by atoms with Crippen LogP contribution in [0.4, 0.5) is 4.39 Å². The van der Waals surface area contributed by atoms with Crippen LogP contribution in [0.15, 0.2) is 41.4 Å². The van der Waals surface area contributed by atoms with Crippen molar-refractivity contribution in [3.05, 3.63) is 53.6 Å². The molecule has 2 heterocycles. The quantitative estimate of drug-likeness (QED) is 0.667. The Balaban J connectivity index is 2.08. The van der Waals surface area contributed by atoms with E-state index in [4.69, 9.17) is 14.2 Å². The number of aromatic nitrogens is 1. The lowest BCUT2D eigenvalue weighted by Gasteiger charge is -2.34. The fourth-order valence-corrected chi connectivity index (χ4v) is 4.98. The SMILES string of the molecule is CCOc1ccc(F)cc1S(=O)(=O)N1Cc2cccnc2COCC1COC(C)(C)C. The molecule has 1 aliphatic heterocycles. The third-order valence-electron chi connectivity index (χ3n) is 4.77. The van der Waals surface area contributed by atoms with E-state index in [0.29, 0.717) is 5.69 Å². The number of ether oxygens (including phenoxy) is 3. The van der Waals surface area contributed by atoms with Gasteiger partial charge in [0.1, 0.15) is 16.5 Å². The first-order valence-electron chi connectivity index (χ1n) is 10.2. The van der Waals surface area contributed by atoms with Crippen molar-refractivity contribution in [3.63, 3.8) is 0 Å². The van der Waals surface area contributed by atoms with Gasteiger partial charge < -0.3 is 14.2 Å². The molecule has 1 aliphatic rings. The Morgan fingerprint density at radius 1 is 1.29 bits per heavy atom. The molecular formula is C22H29FN2O5S. The lowest BCUT2D eigenvalue weighted by molar-refractivity contribution is -0.0462. The first kappa shape index (κ1) is 23.6. The summed E-state index contributed by atoms with van der Waals surface area (Å²) in [5.74, 6) is -0.552. The first-order chi connectivity index (χ1) is 14.6. The molecule has 1 unspecified atom stereocenters. The molecule has 7 nitrogen and oxygen atoms in total. The van der Waals surface area contributed by atoms with Crippen molar-refractivity contribution in [2.24, 2.45) is 0 Å². The Bertz CT molecular complexity index is 1010. The molecule has 1 atom stereocenters. The summed E-state index contributed by atoms with van der Waals surface area (Å²) in [4.78, 5) is 4.10. The number of rotatable bonds is 6. The van der Waals surface area contributed by atoms with Crippen molar-refractivity contribution in [1.82, 2.24) is 9.29 Å². The minimum atomic E-state index is -4.16. The lowest BCUT2D eigenvalue weighted by Crippen LogP contribution is -2.47. The molecule has 1 aromatic heterocycles. The lowest BCUT2D eigenvalue weighted by atomic mass is 10.1. The average Bonchev–Trinajstić information content (AvgIpc) is 2.68. The van der Waals surface area contributed by atoms with Crippen molar-refractivity contribution in [2.75, 3.05) is 19.8 Å². The molecule has 0 aliphatic carbocycles. The molecule has 0 amide bonds. The summed E-state index contributed by atoms with van der Waals surface area (Å²) >= 11 is 0. The standard InChI is InChI=1S/C22H29FN2O5S/c1-5-29-20-9-8-17(23)11-21(20)31(26,27)25-12-16-7-6-10-24-19(16)15-28-13-18(25)14-30-22(2,3)4/h6-11,18H,5,12-15H2,1-4H3. The predicted octanol–water partition coefficient (Wildman–Crippen LogP) is 3.52. The molecule has 0 fully saturated rings. The maximum atomic E-state index is 14.1. The monoisotopic (exact) mass is 452 g/mol. The van der Waals surface area contributed by atoms with Gasteiger partial charge in [-0.3, -0.25) is 4.98 Å². The Hall–Kier alpha value is -2.07. The van der Waals surface area contributed by atoms with Crippen molar-refractivity contribution in [2.45, 2.75) is 57.4 Å². The first-order valence-corrected chi connectivity index (χ1v) is 11.6. The summed E-state index contributed by atoms with van der Waals surface area (Å²) in [5, 5.41) is 0. The van der Waals surface area contributed by atoms with E-state index in [9.17, 15) is 12.8 Å². The molecule has 31 heavy (non-hydrogen) atoms. The molecule has 0 radical (unpaired) electrons. The van der Waals surface area contributed by atoms with E-state index in [1.165, 1.54) is 16.4 Å². The Kier molecular flexibility index (Phi) is 7.31. The van der Waals surface area contributed by atoms with Gasteiger partial charge in [-0.2, -0.15) is 4.31 Å². The van der Waals surface area contributed by atoms with Gasteiger partial charge in [-0.05, 0) is 57.5 Å². The summed E-state index contributed by atoms with van der Waals surface area (Å²) in [7, 11) is -4.16. The molecule has 0 saturated heterocycles. The van der Waals surface area contributed by atoms with Crippen LogP contribution in [-0.2, 0) is 32.6 Å². The summed E-state index contributed by atoms with van der Waals surface area (Å²) in [6.07, 6.45) is 1.64.